The van der Waals surface area contributed by atoms with Crippen molar-refractivity contribution in [2.45, 2.75) is 13.8 Å². The van der Waals surface area contributed by atoms with Crippen LogP contribution in [0.1, 0.15) is 11.1 Å². The van der Waals surface area contributed by atoms with E-state index in [2.05, 4.69) is 38.1 Å². The molecule has 112 valence electrons. The molecule has 2 aromatic carbocycles. The number of aryl methyl sites for hydroxylation is 2. The highest BCUT2D eigenvalue weighted by Gasteiger charge is 2.09. The number of nitrogens with zero attached hydrogens (tertiary/aromatic N) is 1. The number of fused-ring (bicyclic) bond motifs is 1. The van der Waals surface area contributed by atoms with Gasteiger partial charge in [-0.15, -0.1) is 0 Å². The monoisotopic (exact) mass is 293 g/mol. The molecule has 0 aliphatic rings. The first-order chi connectivity index (χ1) is 10.6. The van der Waals surface area contributed by atoms with E-state index in [4.69, 9.17) is 14.5 Å². The van der Waals surface area contributed by atoms with E-state index in [1.165, 1.54) is 11.1 Å². The Bertz CT molecular complexity index is 840. The van der Waals surface area contributed by atoms with Crippen LogP contribution in [0.15, 0.2) is 42.5 Å². The minimum absolute atomic E-state index is 0.745. The van der Waals surface area contributed by atoms with Gasteiger partial charge in [0.05, 0.1) is 25.4 Å². The zero-order chi connectivity index (χ0) is 15.7. The van der Waals surface area contributed by atoms with Crippen molar-refractivity contribution in [2.75, 3.05) is 14.2 Å². The first-order valence-electron chi connectivity index (χ1n) is 7.23. The van der Waals surface area contributed by atoms with Crippen molar-refractivity contribution in [1.29, 1.82) is 0 Å². The molecule has 22 heavy (non-hydrogen) atoms. The van der Waals surface area contributed by atoms with Gasteiger partial charge < -0.3 is 9.47 Å². The minimum atomic E-state index is 0.745. The molecule has 0 unspecified atom stereocenters. The highest BCUT2D eigenvalue weighted by molar-refractivity contribution is 5.88. The number of rotatable bonds is 3. The smallest absolute Gasteiger partial charge is 0.131 e. The van der Waals surface area contributed by atoms with Crippen LogP contribution in [-0.2, 0) is 0 Å². The van der Waals surface area contributed by atoms with Crippen molar-refractivity contribution in [3.63, 3.8) is 0 Å². The fourth-order valence-corrected chi connectivity index (χ4v) is 2.71. The molecule has 3 nitrogen and oxygen atoms in total. The second kappa shape index (κ2) is 5.68. The van der Waals surface area contributed by atoms with Crippen molar-refractivity contribution in [1.82, 2.24) is 4.98 Å². The first-order valence-corrected chi connectivity index (χ1v) is 7.23. The van der Waals surface area contributed by atoms with Crippen LogP contribution in [0.25, 0.3) is 22.2 Å². The van der Waals surface area contributed by atoms with Gasteiger partial charge in [0.2, 0.25) is 0 Å². The summed E-state index contributed by atoms with van der Waals surface area (Å²) in [4.78, 5) is 4.79. The van der Waals surface area contributed by atoms with E-state index in [0.29, 0.717) is 0 Å². The molecule has 0 atom stereocenters. The van der Waals surface area contributed by atoms with E-state index < -0.39 is 0 Å². The molecule has 3 heteroatoms. The summed E-state index contributed by atoms with van der Waals surface area (Å²) in [5.74, 6) is 1.52. The summed E-state index contributed by atoms with van der Waals surface area (Å²) in [7, 11) is 3.31. The van der Waals surface area contributed by atoms with Gasteiger partial charge in [-0.25, -0.2) is 4.98 Å². The summed E-state index contributed by atoms with van der Waals surface area (Å²) < 4.78 is 10.8. The fraction of sp³-hybridized carbons (Fsp3) is 0.211. The van der Waals surface area contributed by atoms with E-state index >= 15 is 0 Å². The number of hydrogen-bond acceptors (Lipinski definition) is 3. The summed E-state index contributed by atoms with van der Waals surface area (Å²) in [5, 5.41) is 0.983. The molecule has 0 saturated carbocycles. The lowest BCUT2D eigenvalue weighted by Crippen LogP contribution is -1.93. The molecule has 0 bridgehead atoms. The molecule has 3 rings (SSSR count). The second-order valence-electron chi connectivity index (χ2n) is 5.41. The Morgan fingerprint density at radius 2 is 1.68 bits per heavy atom. The highest BCUT2D eigenvalue weighted by atomic mass is 16.5. The van der Waals surface area contributed by atoms with Gasteiger partial charge in [0, 0.05) is 23.1 Å². The Morgan fingerprint density at radius 3 is 2.36 bits per heavy atom. The molecule has 0 saturated heterocycles. The molecule has 0 radical (unpaired) electrons. The van der Waals surface area contributed by atoms with Crippen LogP contribution >= 0.6 is 0 Å². The molecule has 0 N–H and O–H groups in total. The SMILES string of the molecule is COc1cc(OC)c2ccc(-c3ccc(C)cc3C)nc2c1. The summed E-state index contributed by atoms with van der Waals surface area (Å²) in [6.45, 7) is 4.21. The molecule has 1 heterocycles. The number of ether oxygens (including phenoxy) is 2. The summed E-state index contributed by atoms with van der Waals surface area (Å²) in [5.41, 5.74) is 5.45. The third-order valence-corrected chi connectivity index (χ3v) is 3.86. The van der Waals surface area contributed by atoms with Crippen LogP contribution in [0.5, 0.6) is 11.5 Å². The number of methoxy groups -OCH3 is 2. The van der Waals surface area contributed by atoms with E-state index in [1.54, 1.807) is 14.2 Å². The largest absolute Gasteiger partial charge is 0.497 e. The van der Waals surface area contributed by atoms with Crippen molar-refractivity contribution < 1.29 is 9.47 Å². The topological polar surface area (TPSA) is 31.4 Å². The van der Waals surface area contributed by atoms with E-state index in [-0.39, 0.29) is 0 Å². The van der Waals surface area contributed by atoms with Gasteiger partial charge in [-0.2, -0.15) is 0 Å². The quantitative estimate of drug-likeness (QED) is 0.710. The van der Waals surface area contributed by atoms with Gasteiger partial charge in [-0.1, -0.05) is 23.8 Å². The Morgan fingerprint density at radius 1 is 0.864 bits per heavy atom. The third-order valence-electron chi connectivity index (χ3n) is 3.86. The number of benzene rings is 2. The van der Waals surface area contributed by atoms with Gasteiger partial charge in [-0.05, 0) is 31.5 Å². The zero-order valence-corrected chi connectivity index (χ0v) is 13.3. The van der Waals surface area contributed by atoms with Crippen LogP contribution in [0.2, 0.25) is 0 Å². The van der Waals surface area contributed by atoms with Crippen LogP contribution in [-0.4, -0.2) is 19.2 Å². The van der Waals surface area contributed by atoms with Crippen molar-refractivity contribution >= 4 is 10.9 Å². The summed E-state index contributed by atoms with van der Waals surface area (Å²) in [6, 6.07) is 14.3. The third kappa shape index (κ3) is 2.50. The van der Waals surface area contributed by atoms with Gasteiger partial charge in [-0.3, -0.25) is 0 Å². The Kier molecular flexibility index (Phi) is 3.72. The van der Waals surface area contributed by atoms with Gasteiger partial charge >= 0.3 is 0 Å². The van der Waals surface area contributed by atoms with Gasteiger partial charge in [0.15, 0.2) is 0 Å². The number of pyridine rings is 1. The molecule has 1 aromatic heterocycles. The maximum absolute atomic E-state index is 5.43. The lowest BCUT2D eigenvalue weighted by molar-refractivity contribution is 0.398. The normalized spacial score (nSPS) is 10.7. The van der Waals surface area contributed by atoms with Crippen molar-refractivity contribution in [2.24, 2.45) is 0 Å². The van der Waals surface area contributed by atoms with E-state index in [1.807, 2.05) is 18.2 Å². The first kappa shape index (κ1) is 14.4. The van der Waals surface area contributed by atoms with Gasteiger partial charge in [0.1, 0.15) is 11.5 Å². The molecule has 0 aliphatic carbocycles. The van der Waals surface area contributed by atoms with Crippen LogP contribution in [0.3, 0.4) is 0 Å². The van der Waals surface area contributed by atoms with Crippen LogP contribution < -0.4 is 9.47 Å². The fourth-order valence-electron chi connectivity index (χ4n) is 2.71. The van der Waals surface area contributed by atoms with Gasteiger partial charge in [0.25, 0.3) is 0 Å². The summed E-state index contributed by atoms with van der Waals surface area (Å²) >= 11 is 0. The Balaban J connectivity index is 2.20. The zero-order valence-electron chi connectivity index (χ0n) is 13.3. The highest BCUT2D eigenvalue weighted by Crippen LogP contribution is 2.32. The standard InChI is InChI=1S/C19H19NO2/c1-12-5-6-15(13(2)9-12)17-8-7-16-18(20-17)10-14(21-3)11-19(16)22-4/h5-11H,1-4H3. The predicted octanol–water partition coefficient (Wildman–Crippen LogP) is 4.54. The Labute approximate surface area is 130 Å². The lowest BCUT2D eigenvalue weighted by atomic mass is 10.0. The molecule has 0 aliphatic heterocycles. The van der Waals surface area contributed by atoms with Crippen molar-refractivity contribution in [3.05, 3.63) is 53.6 Å². The van der Waals surface area contributed by atoms with Crippen LogP contribution in [0.4, 0.5) is 0 Å². The van der Waals surface area contributed by atoms with E-state index in [0.717, 1.165) is 33.7 Å². The molecule has 0 spiro atoms. The molecule has 0 fully saturated rings. The van der Waals surface area contributed by atoms with E-state index in [9.17, 15) is 0 Å². The Hall–Kier alpha value is -2.55. The maximum Gasteiger partial charge on any atom is 0.131 e. The molecule has 0 amide bonds. The average Bonchev–Trinajstić information content (AvgIpc) is 2.53. The second-order valence-corrected chi connectivity index (χ2v) is 5.41. The minimum Gasteiger partial charge on any atom is -0.497 e. The van der Waals surface area contributed by atoms with Crippen LogP contribution in [0, 0.1) is 13.8 Å². The maximum atomic E-state index is 5.43. The van der Waals surface area contributed by atoms with Crippen molar-refractivity contribution in [3.8, 4) is 22.8 Å². The summed E-state index contributed by atoms with van der Waals surface area (Å²) in [6.07, 6.45) is 0. The average molecular weight is 293 g/mol. The number of hydrogen-bond donors (Lipinski definition) is 0. The number of aromatic nitrogens is 1. The predicted molar refractivity (Wildman–Crippen MR) is 89.8 cm³/mol. The molecular weight excluding hydrogens is 274 g/mol. The molecular formula is C19H19NO2. The molecule has 3 aromatic rings. The lowest BCUT2D eigenvalue weighted by Gasteiger charge is -2.11.